The molecule has 2 heterocycles. The molecule has 0 radical (unpaired) electrons. The van der Waals surface area contributed by atoms with Crippen LogP contribution in [0.3, 0.4) is 0 Å². The Morgan fingerprint density at radius 3 is 3.00 bits per heavy atom. The number of nitrogens with zero attached hydrogens (tertiary/aromatic N) is 4. The minimum atomic E-state index is 0.581. The number of aryl methyl sites for hydroxylation is 2. The quantitative estimate of drug-likeness (QED) is 0.783. The van der Waals surface area contributed by atoms with Crippen LogP contribution in [0.5, 0.6) is 5.88 Å². The Labute approximate surface area is 106 Å². The van der Waals surface area contributed by atoms with Gasteiger partial charge < -0.3 is 10.1 Å². The molecule has 0 aliphatic carbocycles. The zero-order valence-electron chi connectivity index (χ0n) is 10.6. The summed E-state index contributed by atoms with van der Waals surface area (Å²) in [4.78, 5) is 8.43. The van der Waals surface area contributed by atoms with E-state index in [2.05, 4.69) is 20.4 Å². The fourth-order valence-corrected chi connectivity index (χ4v) is 1.63. The van der Waals surface area contributed by atoms with Crippen LogP contribution >= 0.6 is 0 Å². The Balaban J connectivity index is 1.81. The zero-order valence-corrected chi connectivity index (χ0v) is 10.6. The van der Waals surface area contributed by atoms with Gasteiger partial charge in [-0.2, -0.15) is 10.1 Å². The molecule has 96 valence electrons. The summed E-state index contributed by atoms with van der Waals surface area (Å²) < 4.78 is 7.01. The molecule has 2 rings (SSSR count). The van der Waals surface area contributed by atoms with Crippen molar-refractivity contribution in [1.29, 1.82) is 0 Å². The zero-order chi connectivity index (χ0) is 12.8. The second-order valence-corrected chi connectivity index (χ2v) is 3.89. The van der Waals surface area contributed by atoms with Gasteiger partial charge in [0.1, 0.15) is 11.6 Å². The summed E-state index contributed by atoms with van der Waals surface area (Å²) in [7, 11) is 1.60. The van der Waals surface area contributed by atoms with Crippen molar-refractivity contribution in [2.75, 3.05) is 19.0 Å². The molecule has 0 aromatic carbocycles. The smallest absolute Gasteiger partial charge is 0.218 e. The second kappa shape index (κ2) is 6.00. The SMILES string of the molecule is COc1cc(NCCCn2cccn2)nc(C)n1. The molecule has 0 atom stereocenters. The van der Waals surface area contributed by atoms with Crippen molar-refractivity contribution in [3.8, 4) is 5.88 Å². The highest BCUT2D eigenvalue weighted by Crippen LogP contribution is 2.12. The summed E-state index contributed by atoms with van der Waals surface area (Å²) in [6.45, 7) is 3.57. The molecule has 0 saturated heterocycles. The van der Waals surface area contributed by atoms with Crippen molar-refractivity contribution in [3.63, 3.8) is 0 Å². The Morgan fingerprint density at radius 1 is 1.39 bits per heavy atom. The van der Waals surface area contributed by atoms with Crippen LogP contribution in [0.25, 0.3) is 0 Å². The van der Waals surface area contributed by atoms with Gasteiger partial charge in [0.25, 0.3) is 0 Å². The van der Waals surface area contributed by atoms with E-state index in [9.17, 15) is 0 Å². The summed E-state index contributed by atoms with van der Waals surface area (Å²) in [6, 6.07) is 3.72. The highest BCUT2D eigenvalue weighted by atomic mass is 16.5. The number of anilines is 1. The lowest BCUT2D eigenvalue weighted by Crippen LogP contribution is -2.09. The van der Waals surface area contributed by atoms with Gasteiger partial charge in [0.15, 0.2) is 0 Å². The molecule has 18 heavy (non-hydrogen) atoms. The van der Waals surface area contributed by atoms with Crippen molar-refractivity contribution in [1.82, 2.24) is 19.7 Å². The van der Waals surface area contributed by atoms with Crippen LogP contribution < -0.4 is 10.1 Å². The van der Waals surface area contributed by atoms with E-state index >= 15 is 0 Å². The van der Waals surface area contributed by atoms with Crippen LogP contribution in [-0.2, 0) is 6.54 Å². The first-order valence-corrected chi connectivity index (χ1v) is 5.89. The first kappa shape index (κ1) is 12.3. The molecule has 6 nitrogen and oxygen atoms in total. The number of ether oxygens (including phenoxy) is 1. The number of hydrogen-bond acceptors (Lipinski definition) is 5. The van der Waals surface area contributed by atoms with Crippen molar-refractivity contribution in [2.24, 2.45) is 0 Å². The summed E-state index contributed by atoms with van der Waals surface area (Å²) in [6.07, 6.45) is 4.72. The fourth-order valence-electron chi connectivity index (χ4n) is 1.63. The summed E-state index contributed by atoms with van der Waals surface area (Å²) in [5.74, 6) is 2.07. The Kier molecular flexibility index (Phi) is 4.11. The lowest BCUT2D eigenvalue weighted by Gasteiger charge is -2.08. The Bertz CT molecular complexity index is 483. The van der Waals surface area contributed by atoms with E-state index in [0.29, 0.717) is 11.7 Å². The molecule has 0 amide bonds. The van der Waals surface area contributed by atoms with E-state index in [0.717, 1.165) is 25.3 Å². The maximum Gasteiger partial charge on any atom is 0.218 e. The third-order valence-corrected chi connectivity index (χ3v) is 2.45. The van der Waals surface area contributed by atoms with E-state index in [1.807, 2.05) is 23.9 Å². The lowest BCUT2D eigenvalue weighted by molar-refractivity contribution is 0.396. The minimum absolute atomic E-state index is 0.581. The van der Waals surface area contributed by atoms with E-state index in [-0.39, 0.29) is 0 Å². The third-order valence-electron chi connectivity index (χ3n) is 2.45. The normalized spacial score (nSPS) is 10.3. The van der Waals surface area contributed by atoms with E-state index in [1.54, 1.807) is 19.4 Å². The van der Waals surface area contributed by atoms with Crippen molar-refractivity contribution in [3.05, 3.63) is 30.4 Å². The molecule has 2 aromatic rings. The predicted molar refractivity (Wildman–Crippen MR) is 68.7 cm³/mol. The fraction of sp³-hybridized carbons (Fsp3) is 0.417. The van der Waals surface area contributed by atoms with Crippen LogP contribution in [0.15, 0.2) is 24.5 Å². The summed E-state index contributed by atoms with van der Waals surface area (Å²) >= 11 is 0. The minimum Gasteiger partial charge on any atom is -0.481 e. The first-order chi connectivity index (χ1) is 8.78. The van der Waals surface area contributed by atoms with Crippen LogP contribution in [0.2, 0.25) is 0 Å². The molecule has 0 aliphatic rings. The van der Waals surface area contributed by atoms with Gasteiger partial charge in [0, 0.05) is 31.5 Å². The lowest BCUT2D eigenvalue weighted by atomic mass is 10.4. The average Bonchev–Trinajstić information content (AvgIpc) is 2.87. The standard InChI is InChI=1S/C12H17N5O/c1-10-15-11(9-12(16-10)18-2)13-5-3-7-17-8-4-6-14-17/h4,6,8-9H,3,5,7H2,1-2H3,(H,13,15,16). The molecule has 0 fully saturated rings. The molecule has 0 saturated carbocycles. The van der Waals surface area contributed by atoms with Gasteiger partial charge >= 0.3 is 0 Å². The van der Waals surface area contributed by atoms with Gasteiger partial charge in [-0.25, -0.2) is 4.98 Å². The number of aromatic nitrogens is 4. The van der Waals surface area contributed by atoms with Crippen molar-refractivity contribution in [2.45, 2.75) is 19.9 Å². The molecule has 0 bridgehead atoms. The van der Waals surface area contributed by atoms with E-state index < -0.39 is 0 Å². The van der Waals surface area contributed by atoms with Crippen LogP contribution in [0.4, 0.5) is 5.82 Å². The van der Waals surface area contributed by atoms with Gasteiger partial charge in [0.05, 0.1) is 7.11 Å². The molecular weight excluding hydrogens is 230 g/mol. The number of rotatable bonds is 6. The Morgan fingerprint density at radius 2 is 2.28 bits per heavy atom. The molecule has 0 aliphatic heterocycles. The van der Waals surface area contributed by atoms with Gasteiger partial charge in [-0.3, -0.25) is 4.68 Å². The molecule has 0 unspecified atom stereocenters. The van der Waals surface area contributed by atoms with Gasteiger partial charge in [-0.1, -0.05) is 0 Å². The van der Waals surface area contributed by atoms with Crippen LogP contribution in [0.1, 0.15) is 12.2 Å². The number of methoxy groups -OCH3 is 1. The first-order valence-electron chi connectivity index (χ1n) is 5.89. The maximum absolute atomic E-state index is 5.10. The monoisotopic (exact) mass is 247 g/mol. The Hall–Kier alpha value is -2.11. The molecule has 2 aromatic heterocycles. The van der Waals surface area contributed by atoms with Gasteiger partial charge in [-0.05, 0) is 19.4 Å². The largest absolute Gasteiger partial charge is 0.481 e. The number of hydrogen-bond donors (Lipinski definition) is 1. The summed E-state index contributed by atoms with van der Waals surface area (Å²) in [5, 5.41) is 7.40. The topological polar surface area (TPSA) is 64.9 Å². The van der Waals surface area contributed by atoms with Crippen LogP contribution in [-0.4, -0.2) is 33.4 Å². The third kappa shape index (κ3) is 3.44. The highest BCUT2D eigenvalue weighted by Gasteiger charge is 2.01. The highest BCUT2D eigenvalue weighted by molar-refractivity contribution is 5.38. The number of nitrogens with one attached hydrogen (secondary N) is 1. The van der Waals surface area contributed by atoms with Gasteiger partial charge in [0.2, 0.25) is 5.88 Å². The van der Waals surface area contributed by atoms with E-state index in [4.69, 9.17) is 4.74 Å². The second-order valence-electron chi connectivity index (χ2n) is 3.89. The van der Waals surface area contributed by atoms with Crippen molar-refractivity contribution >= 4 is 5.82 Å². The molecular formula is C12H17N5O. The maximum atomic E-state index is 5.10. The average molecular weight is 247 g/mol. The molecule has 1 N–H and O–H groups in total. The summed E-state index contributed by atoms with van der Waals surface area (Å²) in [5.41, 5.74) is 0. The van der Waals surface area contributed by atoms with Crippen molar-refractivity contribution < 1.29 is 4.74 Å². The van der Waals surface area contributed by atoms with Crippen LogP contribution in [0, 0.1) is 6.92 Å². The van der Waals surface area contributed by atoms with Gasteiger partial charge in [-0.15, -0.1) is 0 Å². The molecule has 0 spiro atoms. The molecule has 6 heteroatoms. The predicted octanol–water partition coefficient (Wildman–Crippen LogP) is 1.49. The van der Waals surface area contributed by atoms with E-state index in [1.165, 1.54) is 0 Å².